The van der Waals surface area contributed by atoms with Gasteiger partial charge in [-0.25, -0.2) is 4.79 Å². The van der Waals surface area contributed by atoms with Crippen LogP contribution in [0, 0.1) is 71.0 Å². The number of hydrogen-bond acceptors (Lipinski definition) is 7. The third-order valence-electron chi connectivity index (χ3n) is 0.175. The van der Waals surface area contributed by atoms with E-state index in [0.717, 1.165) is 6.08 Å². The molecule has 0 atom stereocenters. The molecule has 0 aliphatic carbocycles. The van der Waals surface area contributed by atoms with E-state index >= 15 is 0 Å². The molecule has 94 valence electrons. The third kappa shape index (κ3) is 617000. The summed E-state index contributed by atoms with van der Waals surface area (Å²) >= 11 is 0. The maximum Gasteiger partial charge on any atom is 6.00 e. The Balaban J connectivity index is -0.00000000629. The van der Waals surface area contributed by atoms with Gasteiger partial charge in [-0.2, -0.15) is 0 Å². The Hall–Kier alpha value is -2.07. The second-order valence-electron chi connectivity index (χ2n) is 0.542. The first kappa shape index (κ1) is 68.3. The first-order valence-electron chi connectivity index (χ1n) is 2.47. The van der Waals surface area contributed by atoms with E-state index in [2.05, 4.69) is 6.58 Å². The van der Waals surface area contributed by atoms with Gasteiger partial charge in [0.25, 0.3) is 0 Å². The summed E-state index contributed by atoms with van der Waals surface area (Å²) in [5.74, 6) is -0.981. The average molecular weight is 326 g/mol. The zero-order valence-corrected chi connectivity index (χ0v) is 12.7. The Morgan fingerprint density at radius 2 is 0.895 bits per heavy atom. The van der Waals surface area contributed by atoms with Gasteiger partial charge in [0.1, 0.15) is 0 Å². The van der Waals surface area contributed by atoms with Gasteiger partial charge in [-0.05, 0) is 0 Å². The van der Waals surface area contributed by atoms with E-state index < -0.39 is 5.97 Å². The monoisotopic (exact) mass is 326 g/mol. The topological polar surface area (TPSA) is 180 Å². The molecule has 10 heteroatoms. The van der Waals surface area contributed by atoms with E-state index in [4.69, 9.17) is 76.1 Å². The summed E-state index contributed by atoms with van der Waals surface area (Å²) in [6.45, 7) is 31.5. The number of hydrogen-bond donors (Lipinski definition) is 1. The van der Waals surface area contributed by atoms with Crippen LogP contribution in [0.2, 0.25) is 0 Å². The van der Waals surface area contributed by atoms with Crippen LogP contribution in [0.25, 0.3) is 0 Å². The Morgan fingerprint density at radius 3 is 0.895 bits per heavy atom. The smallest absolute Gasteiger partial charge is 1.00 e. The van der Waals surface area contributed by atoms with Crippen molar-refractivity contribution in [3.63, 3.8) is 0 Å². The number of carboxylic acids is 1. The van der Waals surface area contributed by atoms with Crippen molar-refractivity contribution < 1.29 is 29.8 Å². The van der Waals surface area contributed by atoms with Crippen molar-refractivity contribution in [1.82, 2.24) is 0 Å². The van der Waals surface area contributed by atoms with Crippen LogP contribution in [0.3, 0.4) is 0 Å². The normalized spacial score (nSPS) is 2.32. The van der Waals surface area contributed by atoms with E-state index in [0.29, 0.717) is 0 Å². The Bertz CT molecular complexity index is 220. The van der Waals surface area contributed by atoms with Gasteiger partial charge in [-0.15, -0.1) is 0 Å². The van der Waals surface area contributed by atoms with Gasteiger partial charge in [0.05, 0.1) is 0 Å². The van der Waals surface area contributed by atoms with Crippen molar-refractivity contribution in [2.24, 2.45) is 0 Å². The van der Waals surface area contributed by atoms with Crippen molar-refractivity contribution >= 4 is 43.7 Å². The summed E-state index contributed by atoms with van der Waals surface area (Å²) in [7, 11) is 0. The third-order valence-corrected chi connectivity index (χ3v) is 0.175. The summed E-state index contributed by atoms with van der Waals surface area (Å²) in [6, 6.07) is 0. The van der Waals surface area contributed by atoms with Crippen LogP contribution in [0.15, 0.2) is 12.7 Å². The fraction of sp³-hybridized carbons (Fsp3) is 0. The van der Waals surface area contributed by atoms with Crippen LogP contribution in [0.4, 0.5) is 0 Å². The van der Waals surface area contributed by atoms with E-state index in [1.165, 1.54) is 0 Å². The molecular weight excluding hydrogens is 320 g/mol. The van der Waals surface area contributed by atoms with Crippen LogP contribution >= 0.6 is 0 Å². The zero-order valence-electron chi connectivity index (χ0n) is 11.4. The van der Waals surface area contributed by atoms with Gasteiger partial charge < -0.3 is 79.0 Å². The van der Waals surface area contributed by atoms with Crippen LogP contribution in [-0.2, 0) is 21.9 Å². The van der Waals surface area contributed by atoms with Gasteiger partial charge in [0.2, 0.25) is 0 Å². The van der Waals surface area contributed by atoms with Gasteiger partial charge >= 0.3 is 60.8 Å². The second-order valence-corrected chi connectivity index (χ2v) is 0.542. The Labute approximate surface area is 156 Å². The molecule has 0 saturated heterocycles. The quantitative estimate of drug-likeness (QED) is 0.414. The van der Waals surface area contributed by atoms with Gasteiger partial charge in [0.15, 0.2) is 0 Å². The van der Waals surface area contributed by atoms with E-state index in [1.54, 1.807) is 0 Å². The molecule has 0 spiro atoms. The standard InChI is InChI=1S/C3H4O2.6CN.Ca.Fe.2H/c1-2-3(4)5;6*1-2;;;;/h2H,1H2,(H,4,5);;;;;;;;;;/q;6*-1;+2;+6;2*-1. The molecule has 0 amide bonds. The molecule has 19 heavy (non-hydrogen) atoms. The second kappa shape index (κ2) is 954. The molecule has 0 saturated carbocycles. The Morgan fingerprint density at radius 1 is 0.842 bits per heavy atom. The molecule has 0 bridgehead atoms. The maximum atomic E-state index is 9.25. The minimum atomic E-state index is -0.981. The molecule has 0 aromatic carbocycles. The Kier molecular flexibility index (Phi) is 3430. The van der Waals surface area contributed by atoms with E-state index in [9.17, 15) is 4.79 Å². The van der Waals surface area contributed by atoms with E-state index in [1.807, 2.05) is 0 Å². The largest absolute Gasteiger partial charge is 6.00 e. The van der Waals surface area contributed by atoms with Crippen molar-refractivity contribution in [3.8, 4) is 0 Å². The van der Waals surface area contributed by atoms with Crippen LogP contribution in [0.1, 0.15) is 2.85 Å². The molecular formula is C9H6CaFeN6O2. The van der Waals surface area contributed by atoms with E-state index in [-0.39, 0.29) is 57.7 Å². The van der Waals surface area contributed by atoms with Crippen molar-refractivity contribution in [3.05, 3.63) is 52.1 Å². The molecule has 0 aliphatic heterocycles. The number of nitrogens with zero attached hydrogens (tertiary/aromatic N) is 6. The fourth-order valence-corrected chi connectivity index (χ4v) is 0. The number of carboxylic acid groups (broad SMARTS) is 1. The van der Waals surface area contributed by atoms with Crippen molar-refractivity contribution in [2.75, 3.05) is 0 Å². The van der Waals surface area contributed by atoms with Crippen molar-refractivity contribution in [1.29, 1.82) is 31.6 Å². The van der Waals surface area contributed by atoms with Gasteiger partial charge in [-0.1, -0.05) is 6.58 Å². The minimum Gasteiger partial charge on any atom is -1.00 e. The summed E-state index contributed by atoms with van der Waals surface area (Å²) in [5.41, 5.74) is 0. The maximum absolute atomic E-state index is 9.25. The molecule has 1 N–H and O–H groups in total. The molecule has 0 unspecified atom stereocenters. The summed E-state index contributed by atoms with van der Waals surface area (Å²) in [5, 5.41) is 45.1. The van der Waals surface area contributed by atoms with Crippen LogP contribution < -0.4 is 0 Å². The summed E-state index contributed by atoms with van der Waals surface area (Å²) in [6.07, 6.45) is 0.833. The predicted molar refractivity (Wildman–Crippen MR) is 55.6 cm³/mol. The van der Waals surface area contributed by atoms with Gasteiger partial charge in [0, 0.05) is 6.08 Å². The molecule has 0 heterocycles. The fourth-order valence-electron chi connectivity index (χ4n) is 0. The first-order valence-corrected chi connectivity index (χ1v) is 2.47. The molecule has 0 aromatic heterocycles. The van der Waals surface area contributed by atoms with Crippen LogP contribution in [0.5, 0.6) is 0 Å². The molecule has 0 rings (SSSR count). The predicted octanol–water partition coefficient (Wildman–Crippen LogP) is 0.677. The molecule has 0 radical (unpaired) electrons. The van der Waals surface area contributed by atoms with Crippen LogP contribution in [-0.4, -0.2) is 48.8 Å². The molecule has 0 aromatic rings. The number of rotatable bonds is 1. The molecule has 8 nitrogen and oxygen atoms in total. The SMILES string of the molecule is C=CC(=O)O.[C-]#N.[C-]#N.[C-]#N.[C-]#N.[C-]#N.[C-]#N.[Ca+2].[Fe+6].[H-].[H-]. The summed E-state index contributed by atoms with van der Waals surface area (Å²) in [4.78, 5) is 9.25. The number of carbonyl (C=O) groups is 1. The average Bonchev–Trinajstić information content (AvgIpc) is 2.51. The zero-order chi connectivity index (χ0) is 16.3. The first-order chi connectivity index (χ1) is 8.27. The van der Waals surface area contributed by atoms with Gasteiger partial charge in [-0.3, -0.25) is 0 Å². The summed E-state index contributed by atoms with van der Waals surface area (Å²) < 4.78 is 0. The molecule has 0 aliphatic rings. The minimum absolute atomic E-state index is 0. The van der Waals surface area contributed by atoms with Crippen molar-refractivity contribution in [2.45, 2.75) is 0 Å². The molecule has 0 fully saturated rings. The number of aliphatic carboxylic acids is 1.